The van der Waals surface area contributed by atoms with Crippen LogP contribution in [0.15, 0.2) is 53.9 Å². The highest BCUT2D eigenvalue weighted by Crippen LogP contribution is 2.29. The van der Waals surface area contributed by atoms with Gasteiger partial charge in [0.05, 0.1) is 11.4 Å². The van der Waals surface area contributed by atoms with Crippen LogP contribution in [-0.2, 0) is 0 Å². The first-order chi connectivity index (χ1) is 14.5. The van der Waals surface area contributed by atoms with E-state index in [1.165, 1.54) is 16.9 Å². The highest BCUT2D eigenvalue weighted by Gasteiger charge is 2.19. The number of benzene rings is 2. The molecule has 2 aromatic carbocycles. The predicted octanol–water partition coefficient (Wildman–Crippen LogP) is 4.94. The Morgan fingerprint density at radius 1 is 1.03 bits per heavy atom. The molecule has 4 rings (SSSR count). The van der Waals surface area contributed by atoms with Crippen LogP contribution in [0, 0.1) is 0 Å². The summed E-state index contributed by atoms with van der Waals surface area (Å²) in [5.41, 5.74) is 4.70. The standard InChI is InChI=1S/C24H28N4OS/c1-17(2)18-8-10-19(11-9-18)24-26-21(16-30-24)23(29)25-20-6-4-5-7-22(20)28-14-12-27(3)13-15-28/h4-11,16-17H,12-15H2,1-3H3,(H,25,29). The third kappa shape index (κ3) is 4.55. The van der Waals surface area contributed by atoms with Crippen molar-refractivity contribution in [2.24, 2.45) is 0 Å². The molecule has 5 nitrogen and oxygen atoms in total. The van der Waals surface area contributed by atoms with Crippen LogP contribution >= 0.6 is 11.3 Å². The second kappa shape index (κ2) is 8.98. The summed E-state index contributed by atoms with van der Waals surface area (Å²) in [5, 5.41) is 5.77. The zero-order valence-corrected chi connectivity index (χ0v) is 18.6. The van der Waals surface area contributed by atoms with E-state index in [2.05, 4.69) is 71.3 Å². The minimum Gasteiger partial charge on any atom is -0.367 e. The van der Waals surface area contributed by atoms with Gasteiger partial charge in [-0.05, 0) is 30.7 Å². The maximum Gasteiger partial charge on any atom is 0.275 e. The van der Waals surface area contributed by atoms with Crippen molar-refractivity contribution < 1.29 is 4.79 Å². The van der Waals surface area contributed by atoms with Gasteiger partial charge in [0.25, 0.3) is 5.91 Å². The Kier molecular flexibility index (Phi) is 6.16. The van der Waals surface area contributed by atoms with Gasteiger partial charge in [-0.15, -0.1) is 11.3 Å². The first-order valence-electron chi connectivity index (χ1n) is 10.4. The Bertz CT molecular complexity index is 1000. The Balaban J connectivity index is 1.49. The van der Waals surface area contributed by atoms with Gasteiger partial charge in [-0.1, -0.05) is 50.2 Å². The molecule has 0 bridgehead atoms. The van der Waals surface area contributed by atoms with E-state index in [-0.39, 0.29) is 5.91 Å². The Labute approximate surface area is 182 Å². The third-order valence-electron chi connectivity index (χ3n) is 5.56. The molecule has 0 aliphatic carbocycles. The van der Waals surface area contributed by atoms with Gasteiger partial charge >= 0.3 is 0 Å². The van der Waals surface area contributed by atoms with E-state index in [1.54, 1.807) is 0 Å². The number of thiazole rings is 1. The minimum absolute atomic E-state index is 0.169. The van der Waals surface area contributed by atoms with E-state index < -0.39 is 0 Å². The van der Waals surface area contributed by atoms with Crippen LogP contribution in [0.2, 0.25) is 0 Å². The predicted molar refractivity (Wildman–Crippen MR) is 126 cm³/mol. The van der Waals surface area contributed by atoms with Crippen molar-refractivity contribution in [3.8, 4) is 10.6 Å². The number of anilines is 2. The van der Waals surface area contributed by atoms with Crippen LogP contribution in [-0.4, -0.2) is 49.0 Å². The normalized spacial score (nSPS) is 14.9. The van der Waals surface area contributed by atoms with E-state index in [1.807, 2.05) is 23.6 Å². The fraction of sp³-hybridized carbons (Fsp3) is 0.333. The number of nitrogens with zero attached hydrogens (tertiary/aromatic N) is 3. The van der Waals surface area contributed by atoms with Gasteiger partial charge < -0.3 is 15.1 Å². The fourth-order valence-corrected chi connectivity index (χ4v) is 4.42. The molecule has 1 aromatic heterocycles. The van der Waals surface area contributed by atoms with E-state index in [4.69, 9.17) is 0 Å². The van der Waals surface area contributed by atoms with Crippen molar-refractivity contribution in [3.05, 3.63) is 65.2 Å². The number of nitrogens with one attached hydrogen (secondary N) is 1. The summed E-state index contributed by atoms with van der Waals surface area (Å²) in [6, 6.07) is 16.4. The van der Waals surface area contributed by atoms with Gasteiger partial charge in [0.15, 0.2) is 0 Å². The quantitative estimate of drug-likeness (QED) is 0.635. The summed E-state index contributed by atoms with van der Waals surface area (Å²) in [4.78, 5) is 22.1. The number of aromatic nitrogens is 1. The molecule has 1 amide bonds. The Hall–Kier alpha value is -2.70. The van der Waals surface area contributed by atoms with Crippen LogP contribution in [0.25, 0.3) is 10.6 Å². The average molecular weight is 421 g/mol. The molecule has 0 saturated carbocycles. The highest BCUT2D eigenvalue weighted by molar-refractivity contribution is 7.13. The number of hydrogen-bond donors (Lipinski definition) is 1. The summed E-state index contributed by atoms with van der Waals surface area (Å²) in [7, 11) is 2.14. The molecule has 1 saturated heterocycles. The molecule has 1 aliphatic heterocycles. The van der Waals surface area contributed by atoms with Crippen molar-refractivity contribution in [2.75, 3.05) is 43.4 Å². The smallest absolute Gasteiger partial charge is 0.275 e. The molecular weight excluding hydrogens is 392 g/mol. The monoisotopic (exact) mass is 420 g/mol. The number of piperazine rings is 1. The molecule has 6 heteroatoms. The van der Waals surface area contributed by atoms with Crippen LogP contribution in [0.5, 0.6) is 0 Å². The topological polar surface area (TPSA) is 48.5 Å². The number of rotatable bonds is 5. The second-order valence-corrected chi connectivity index (χ2v) is 8.93. The molecule has 1 fully saturated rings. The summed E-state index contributed by atoms with van der Waals surface area (Å²) >= 11 is 1.50. The zero-order chi connectivity index (χ0) is 21.1. The van der Waals surface area contributed by atoms with E-state index in [0.29, 0.717) is 11.6 Å². The summed E-state index contributed by atoms with van der Waals surface area (Å²) < 4.78 is 0. The Morgan fingerprint density at radius 2 is 1.73 bits per heavy atom. The molecule has 0 atom stereocenters. The third-order valence-corrected chi connectivity index (χ3v) is 6.45. The average Bonchev–Trinajstić information content (AvgIpc) is 3.25. The molecule has 0 radical (unpaired) electrons. The number of likely N-dealkylation sites (N-methyl/N-ethyl adjacent to an activating group) is 1. The van der Waals surface area contributed by atoms with Gasteiger partial charge in [0.2, 0.25) is 0 Å². The maximum absolute atomic E-state index is 12.9. The molecule has 0 unspecified atom stereocenters. The number of carbonyl (C=O) groups excluding carboxylic acids is 1. The van der Waals surface area contributed by atoms with Crippen LogP contribution in [0.3, 0.4) is 0 Å². The molecule has 2 heterocycles. The molecule has 30 heavy (non-hydrogen) atoms. The largest absolute Gasteiger partial charge is 0.367 e. The maximum atomic E-state index is 12.9. The lowest BCUT2D eigenvalue weighted by Crippen LogP contribution is -2.44. The number of hydrogen-bond acceptors (Lipinski definition) is 5. The fourth-order valence-electron chi connectivity index (χ4n) is 3.61. The molecule has 3 aromatic rings. The lowest BCUT2D eigenvalue weighted by molar-refractivity contribution is 0.102. The highest BCUT2D eigenvalue weighted by atomic mass is 32.1. The summed E-state index contributed by atoms with van der Waals surface area (Å²) in [5.74, 6) is 0.329. The first kappa shape index (κ1) is 20.6. The summed E-state index contributed by atoms with van der Waals surface area (Å²) in [6.07, 6.45) is 0. The van der Waals surface area contributed by atoms with Crippen molar-refractivity contribution in [3.63, 3.8) is 0 Å². The summed E-state index contributed by atoms with van der Waals surface area (Å²) in [6.45, 7) is 8.31. The lowest BCUT2D eigenvalue weighted by Gasteiger charge is -2.35. The van der Waals surface area contributed by atoms with Crippen molar-refractivity contribution >= 4 is 28.6 Å². The van der Waals surface area contributed by atoms with E-state index in [9.17, 15) is 4.79 Å². The van der Waals surface area contributed by atoms with Crippen molar-refractivity contribution in [1.29, 1.82) is 0 Å². The number of para-hydroxylation sites is 2. The SMILES string of the molecule is CC(C)c1ccc(-c2nc(C(=O)Nc3ccccc3N3CCN(C)CC3)cs2)cc1. The zero-order valence-electron chi connectivity index (χ0n) is 17.8. The van der Waals surface area contributed by atoms with Crippen LogP contribution < -0.4 is 10.2 Å². The second-order valence-electron chi connectivity index (χ2n) is 8.08. The minimum atomic E-state index is -0.169. The molecule has 1 N–H and O–H groups in total. The van der Waals surface area contributed by atoms with Gasteiger partial charge in [0.1, 0.15) is 10.7 Å². The van der Waals surface area contributed by atoms with E-state index in [0.717, 1.165) is 48.1 Å². The number of carbonyl (C=O) groups is 1. The van der Waals surface area contributed by atoms with Gasteiger partial charge in [0, 0.05) is 37.1 Å². The van der Waals surface area contributed by atoms with Crippen LogP contribution in [0.4, 0.5) is 11.4 Å². The molecule has 156 valence electrons. The first-order valence-corrected chi connectivity index (χ1v) is 11.3. The molecular formula is C24H28N4OS. The van der Waals surface area contributed by atoms with Gasteiger partial charge in [-0.25, -0.2) is 4.98 Å². The van der Waals surface area contributed by atoms with E-state index >= 15 is 0 Å². The molecule has 0 spiro atoms. The van der Waals surface area contributed by atoms with Crippen molar-refractivity contribution in [1.82, 2.24) is 9.88 Å². The molecule has 1 aliphatic rings. The number of amides is 1. The lowest BCUT2D eigenvalue weighted by atomic mass is 10.0. The Morgan fingerprint density at radius 3 is 2.43 bits per heavy atom. The van der Waals surface area contributed by atoms with Gasteiger partial charge in [-0.3, -0.25) is 4.79 Å². The van der Waals surface area contributed by atoms with Crippen LogP contribution in [0.1, 0.15) is 35.8 Å². The van der Waals surface area contributed by atoms with Crippen molar-refractivity contribution in [2.45, 2.75) is 19.8 Å². The van der Waals surface area contributed by atoms with Gasteiger partial charge in [-0.2, -0.15) is 0 Å².